The van der Waals surface area contributed by atoms with Crippen LogP contribution in [0.4, 0.5) is 15.8 Å². The van der Waals surface area contributed by atoms with Gasteiger partial charge in [-0.3, -0.25) is 19.3 Å². The summed E-state index contributed by atoms with van der Waals surface area (Å²) in [6.07, 6.45) is 3.50. The molecular formula is C25H26FN5O5S. The smallest absolute Gasteiger partial charge is 0.273 e. The number of halogens is 1. The summed E-state index contributed by atoms with van der Waals surface area (Å²) in [7, 11) is 1.35. The normalized spacial score (nSPS) is 14.2. The van der Waals surface area contributed by atoms with Crippen LogP contribution in [0.25, 0.3) is 0 Å². The summed E-state index contributed by atoms with van der Waals surface area (Å²) in [5.41, 5.74) is 11.2. The minimum absolute atomic E-state index is 0.0667. The third-order valence-corrected chi connectivity index (χ3v) is 7.04. The number of rotatable bonds is 8. The molecule has 37 heavy (non-hydrogen) atoms. The van der Waals surface area contributed by atoms with E-state index in [-0.39, 0.29) is 39.5 Å². The summed E-state index contributed by atoms with van der Waals surface area (Å²) in [5, 5.41) is 13.1. The molecule has 1 aliphatic rings. The van der Waals surface area contributed by atoms with Crippen molar-refractivity contribution < 1.29 is 28.6 Å². The Hall–Kier alpha value is -4.19. The molecule has 1 atom stereocenters. The lowest BCUT2D eigenvalue weighted by Crippen LogP contribution is -2.46. The Bertz CT molecular complexity index is 1340. The largest absolute Gasteiger partial charge is 0.504 e. The number of hydrogen-bond acceptors (Lipinski definition) is 8. The number of primary amides is 1. The third kappa shape index (κ3) is 5.33. The number of carbonyl (C=O) groups excluding carboxylic acids is 3. The first-order valence-electron chi connectivity index (χ1n) is 11.5. The molecule has 1 heterocycles. The zero-order valence-corrected chi connectivity index (χ0v) is 20.8. The number of hydrogen-bond donors (Lipinski definition) is 4. The van der Waals surface area contributed by atoms with Crippen molar-refractivity contribution in [1.29, 1.82) is 0 Å². The molecule has 1 aliphatic carbocycles. The van der Waals surface area contributed by atoms with Gasteiger partial charge in [-0.15, -0.1) is 0 Å². The number of phenols is 1. The van der Waals surface area contributed by atoms with Gasteiger partial charge in [0.2, 0.25) is 5.91 Å². The summed E-state index contributed by atoms with van der Waals surface area (Å²) in [5.74, 6) is -2.94. The minimum Gasteiger partial charge on any atom is -0.504 e. The SMILES string of the molecule is COc1cc(C(C(=O)NC2CCCC2)N(C(=O)c2snc(C(N)=O)c2N)c2cccc(F)c2)ccc1O. The van der Waals surface area contributed by atoms with Crippen LogP contribution in [0, 0.1) is 5.82 Å². The number of nitrogen functional groups attached to an aromatic ring is 1. The quantitative estimate of drug-likeness (QED) is 0.350. The Morgan fingerprint density at radius 1 is 1.22 bits per heavy atom. The van der Waals surface area contributed by atoms with Crippen molar-refractivity contribution in [3.05, 3.63) is 64.4 Å². The van der Waals surface area contributed by atoms with Gasteiger partial charge in [-0.2, -0.15) is 4.37 Å². The molecule has 0 saturated heterocycles. The van der Waals surface area contributed by atoms with E-state index in [1.165, 1.54) is 43.5 Å². The fourth-order valence-electron chi connectivity index (χ4n) is 4.38. The highest BCUT2D eigenvalue weighted by Gasteiger charge is 2.37. The van der Waals surface area contributed by atoms with E-state index >= 15 is 0 Å². The predicted octanol–water partition coefficient (Wildman–Crippen LogP) is 3.12. The standard InChI is InChI=1S/C25H26FN5O5S/c1-36-18-11-13(9-10-17(18)32)21(24(34)29-15-6-2-3-7-15)31(16-8-4-5-14(26)12-16)25(35)22-19(27)20(23(28)33)30-37-22/h4-5,8-12,15,21,32H,2-3,6-7,27H2,1H3,(H2,28,33)(H,29,34). The van der Waals surface area contributed by atoms with Gasteiger partial charge in [-0.1, -0.05) is 25.0 Å². The number of benzene rings is 2. The second-order valence-electron chi connectivity index (χ2n) is 8.62. The maximum Gasteiger partial charge on any atom is 0.273 e. The van der Waals surface area contributed by atoms with Gasteiger partial charge in [0.25, 0.3) is 11.8 Å². The molecule has 12 heteroatoms. The molecule has 1 aromatic heterocycles. The zero-order valence-electron chi connectivity index (χ0n) is 19.9. The number of anilines is 2. The molecule has 4 rings (SSSR count). The molecule has 3 aromatic rings. The molecule has 0 bridgehead atoms. The van der Waals surface area contributed by atoms with Crippen LogP contribution in [-0.4, -0.2) is 40.4 Å². The Morgan fingerprint density at radius 3 is 2.57 bits per heavy atom. The van der Waals surface area contributed by atoms with Gasteiger partial charge in [0.05, 0.1) is 12.8 Å². The topological polar surface area (TPSA) is 161 Å². The fourth-order valence-corrected chi connectivity index (χ4v) is 5.12. The number of aromatic nitrogens is 1. The van der Waals surface area contributed by atoms with E-state index < -0.39 is 29.6 Å². The van der Waals surface area contributed by atoms with Crippen LogP contribution in [-0.2, 0) is 4.79 Å². The molecular weight excluding hydrogens is 501 g/mol. The summed E-state index contributed by atoms with van der Waals surface area (Å²) >= 11 is 0.650. The number of carbonyl (C=O) groups is 3. The minimum atomic E-state index is -1.32. The first kappa shape index (κ1) is 25.9. The molecule has 2 aromatic carbocycles. The number of nitrogens with two attached hydrogens (primary N) is 2. The molecule has 6 N–H and O–H groups in total. The van der Waals surface area contributed by atoms with E-state index in [1.807, 2.05) is 0 Å². The van der Waals surface area contributed by atoms with E-state index in [2.05, 4.69) is 9.69 Å². The lowest BCUT2D eigenvalue weighted by atomic mass is 10.0. The number of methoxy groups -OCH3 is 1. The first-order valence-corrected chi connectivity index (χ1v) is 12.3. The lowest BCUT2D eigenvalue weighted by Gasteiger charge is -2.32. The Balaban J connectivity index is 1.89. The number of phenolic OH excluding ortho intramolecular Hbond substituents is 1. The third-order valence-electron chi connectivity index (χ3n) is 6.19. The molecule has 0 spiro atoms. The van der Waals surface area contributed by atoms with E-state index in [9.17, 15) is 23.9 Å². The van der Waals surface area contributed by atoms with E-state index in [0.29, 0.717) is 17.1 Å². The van der Waals surface area contributed by atoms with Crippen LogP contribution in [0.1, 0.15) is 57.4 Å². The molecule has 1 saturated carbocycles. The maximum absolute atomic E-state index is 14.4. The van der Waals surface area contributed by atoms with E-state index in [4.69, 9.17) is 16.2 Å². The van der Waals surface area contributed by atoms with Crippen molar-refractivity contribution in [2.45, 2.75) is 37.8 Å². The van der Waals surface area contributed by atoms with Gasteiger partial charge in [-0.05, 0) is 60.3 Å². The summed E-state index contributed by atoms with van der Waals surface area (Å²) in [4.78, 5) is 40.4. The van der Waals surface area contributed by atoms with Crippen LogP contribution in [0.15, 0.2) is 42.5 Å². The van der Waals surface area contributed by atoms with Crippen molar-refractivity contribution in [3.8, 4) is 11.5 Å². The molecule has 194 valence electrons. The first-order chi connectivity index (χ1) is 17.7. The number of aromatic hydroxyl groups is 1. The van der Waals surface area contributed by atoms with E-state index in [1.54, 1.807) is 0 Å². The van der Waals surface area contributed by atoms with Gasteiger partial charge in [0, 0.05) is 11.7 Å². The van der Waals surface area contributed by atoms with Crippen molar-refractivity contribution >= 4 is 40.6 Å². The molecule has 1 unspecified atom stereocenters. The van der Waals surface area contributed by atoms with Gasteiger partial charge in [0.15, 0.2) is 17.2 Å². The van der Waals surface area contributed by atoms with Gasteiger partial charge in [0.1, 0.15) is 16.7 Å². The van der Waals surface area contributed by atoms with Crippen LogP contribution in [0.2, 0.25) is 0 Å². The van der Waals surface area contributed by atoms with Gasteiger partial charge < -0.3 is 26.6 Å². The number of ether oxygens (including phenoxy) is 1. The average Bonchev–Trinajstić information content (AvgIpc) is 3.52. The van der Waals surface area contributed by atoms with Crippen LogP contribution < -0.4 is 26.4 Å². The van der Waals surface area contributed by atoms with Gasteiger partial charge >= 0.3 is 0 Å². The number of amides is 3. The lowest BCUT2D eigenvalue weighted by molar-refractivity contribution is -0.123. The van der Waals surface area contributed by atoms with Gasteiger partial charge in [-0.25, -0.2) is 4.39 Å². The maximum atomic E-state index is 14.4. The average molecular weight is 528 g/mol. The summed E-state index contributed by atoms with van der Waals surface area (Å²) in [6, 6.07) is 8.02. The van der Waals surface area contributed by atoms with Crippen LogP contribution >= 0.6 is 11.5 Å². The number of nitrogens with zero attached hydrogens (tertiary/aromatic N) is 2. The second kappa shape index (κ2) is 10.8. The molecule has 1 fully saturated rings. The fraction of sp³-hybridized carbons (Fsp3) is 0.280. The Labute approximate surface area is 216 Å². The van der Waals surface area contributed by atoms with Crippen molar-refractivity contribution in [2.75, 3.05) is 17.7 Å². The van der Waals surface area contributed by atoms with E-state index in [0.717, 1.165) is 36.6 Å². The summed E-state index contributed by atoms with van der Waals surface area (Å²) in [6.45, 7) is 0. The van der Waals surface area contributed by atoms with Crippen LogP contribution in [0.3, 0.4) is 0 Å². The molecule has 0 radical (unpaired) electrons. The molecule has 0 aliphatic heterocycles. The Kier molecular flexibility index (Phi) is 7.58. The van der Waals surface area contributed by atoms with Crippen molar-refractivity contribution in [3.63, 3.8) is 0 Å². The molecule has 3 amide bonds. The van der Waals surface area contributed by atoms with Crippen molar-refractivity contribution in [1.82, 2.24) is 9.69 Å². The van der Waals surface area contributed by atoms with Crippen molar-refractivity contribution in [2.24, 2.45) is 5.73 Å². The highest BCUT2D eigenvalue weighted by molar-refractivity contribution is 7.09. The second-order valence-corrected chi connectivity index (χ2v) is 9.39. The highest BCUT2D eigenvalue weighted by Crippen LogP contribution is 2.37. The monoisotopic (exact) mass is 527 g/mol. The summed E-state index contributed by atoms with van der Waals surface area (Å²) < 4.78 is 23.5. The zero-order chi connectivity index (χ0) is 26.7. The highest BCUT2D eigenvalue weighted by atomic mass is 32.1. The van der Waals surface area contributed by atoms with Crippen LogP contribution in [0.5, 0.6) is 11.5 Å². The predicted molar refractivity (Wildman–Crippen MR) is 136 cm³/mol. The molecule has 10 nitrogen and oxygen atoms in total. The number of nitrogens with one attached hydrogen (secondary N) is 1. The Morgan fingerprint density at radius 2 is 1.95 bits per heavy atom.